The minimum absolute atomic E-state index is 0.0664. The molecule has 3 aromatic rings. The molecule has 1 saturated heterocycles. The number of carbonyl (C=O) groups excluding carboxylic acids is 1. The Hall–Kier alpha value is -3.26. The van der Waals surface area contributed by atoms with Gasteiger partial charge in [-0.3, -0.25) is 18.8 Å². The van der Waals surface area contributed by atoms with Crippen molar-refractivity contribution in [1.82, 2.24) is 29.1 Å². The van der Waals surface area contributed by atoms with Gasteiger partial charge in [-0.15, -0.1) is 0 Å². The number of rotatable bonds is 4. The molecule has 3 atom stereocenters. The SMILES string of the molecule is O=C([C@H]1[C@H]2C[C@H](CN(CCn3cncn3)C2)c2cccc(=O)n21)N1Cc2ccccc2C1. The van der Waals surface area contributed by atoms with Crippen molar-refractivity contribution in [2.24, 2.45) is 5.92 Å². The van der Waals surface area contributed by atoms with Crippen LogP contribution in [0.15, 0.2) is 59.9 Å². The van der Waals surface area contributed by atoms with Crippen LogP contribution in [0, 0.1) is 5.92 Å². The molecule has 6 rings (SSSR count). The van der Waals surface area contributed by atoms with Crippen LogP contribution in [0.25, 0.3) is 0 Å². The Bertz CT molecular complexity index is 1180. The summed E-state index contributed by atoms with van der Waals surface area (Å²) >= 11 is 0. The first-order valence-electron chi connectivity index (χ1n) is 11.3. The summed E-state index contributed by atoms with van der Waals surface area (Å²) in [6.07, 6.45) is 4.23. The van der Waals surface area contributed by atoms with E-state index in [1.54, 1.807) is 23.3 Å². The Morgan fingerprint density at radius 3 is 2.56 bits per heavy atom. The largest absolute Gasteiger partial charge is 0.332 e. The summed E-state index contributed by atoms with van der Waals surface area (Å²) in [5, 5.41) is 4.21. The maximum absolute atomic E-state index is 13.9. The number of likely N-dealkylation sites (tertiary alicyclic amines) is 1. The summed E-state index contributed by atoms with van der Waals surface area (Å²) in [4.78, 5) is 35.2. The zero-order valence-corrected chi connectivity index (χ0v) is 17.9. The Balaban J connectivity index is 1.30. The van der Waals surface area contributed by atoms with Crippen LogP contribution in [0.2, 0.25) is 0 Å². The predicted molar refractivity (Wildman–Crippen MR) is 118 cm³/mol. The average Bonchev–Trinajstić information content (AvgIpc) is 3.48. The van der Waals surface area contributed by atoms with E-state index in [9.17, 15) is 9.59 Å². The van der Waals surface area contributed by atoms with Crippen LogP contribution in [0.3, 0.4) is 0 Å². The molecule has 0 spiro atoms. The van der Waals surface area contributed by atoms with Gasteiger partial charge < -0.3 is 9.80 Å². The zero-order chi connectivity index (χ0) is 21.7. The van der Waals surface area contributed by atoms with Crippen molar-refractivity contribution in [3.63, 3.8) is 0 Å². The lowest BCUT2D eigenvalue weighted by molar-refractivity contribution is -0.139. The van der Waals surface area contributed by atoms with Gasteiger partial charge in [0.2, 0.25) is 5.91 Å². The number of amides is 1. The van der Waals surface area contributed by atoms with Crippen molar-refractivity contribution in [2.75, 3.05) is 19.6 Å². The molecule has 0 saturated carbocycles. The Morgan fingerprint density at radius 1 is 1.00 bits per heavy atom. The second-order valence-corrected chi connectivity index (χ2v) is 9.18. The molecule has 8 heteroatoms. The highest BCUT2D eigenvalue weighted by atomic mass is 16.2. The molecule has 0 radical (unpaired) electrons. The van der Waals surface area contributed by atoms with Gasteiger partial charge in [-0.2, -0.15) is 5.10 Å². The highest BCUT2D eigenvalue weighted by Gasteiger charge is 2.45. The normalized spacial score (nSPS) is 24.2. The van der Waals surface area contributed by atoms with Crippen molar-refractivity contribution < 1.29 is 4.79 Å². The third-order valence-electron chi connectivity index (χ3n) is 7.24. The van der Waals surface area contributed by atoms with Gasteiger partial charge in [-0.25, -0.2) is 4.98 Å². The lowest BCUT2D eigenvalue weighted by atomic mass is 9.78. The molecule has 8 nitrogen and oxygen atoms in total. The van der Waals surface area contributed by atoms with Gasteiger partial charge in [0, 0.05) is 56.3 Å². The van der Waals surface area contributed by atoms with Crippen LogP contribution >= 0.6 is 0 Å². The van der Waals surface area contributed by atoms with E-state index in [1.165, 1.54) is 11.1 Å². The number of fused-ring (bicyclic) bond motifs is 5. The van der Waals surface area contributed by atoms with E-state index in [0.29, 0.717) is 13.1 Å². The molecule has 3 aliphatic heterocycles. The van der Waals surface area contributed by atoms with Gasteiger partial charge in [0.25, 0.3) is 5.56 Å². The first-order chi connectivity index (χ1) is 15.7. The predicted octanol–water partition coefficient (Wildman–Crippen LogP) is 1.64. The van der Waals surface area contributed by atoms with Crippen LogP contribution in [-0.2, 0) is 24.4 Å². The van der Waals surface area contributed by atoms with Gasteiger partial charge in [-0.1, -0.05) is 30.3 Å². The van der Waals surface area contributed by atoms with Crippen LogP contribution in [0.4, 0.5) is 0 Å². The van der Waals surface area contributed by atoms with Gasteiger partial charge >= 0.3 is 0 Å². The highest BCUT2D eigenvalue weighted by Crippen LogP contribution is 2.42. The molecule has 3 aliphatic rings. The first kappa shape index (κ1) is 19.4. The third-order valence-corrected chi connectivity index (χ3v) is 7.24. The van der Waals surface area contributed by atoms with E-state index in [-0.39, 0.29) is 23.3 Å². The number of pyridine rings is 1. The molecule has 0 N–H and O–H groups in total. The first-order valence-corrected chi connectivity index (χ1v) is 11.3. The minimum atomic E-state index is -0.446. The van der Waals surface area contributed by atoms with E-state index >= 15 is 0 Å². The van der Waals surface area contributed by atoms with Crippen molar-refractivity contribution in [2.45, 2.75) is 38.0 Å². The molecule has 2 aromatic heterocycles. The van der Waals surface area contributed by atoms with Crippen LogP contribution in [0.1, 0.15) is 35.2 Å². The lowest BCUT2D eigenvalue weighted by Gasteiger charge is -2.47. The van der Waals surface area contributed by atoms with Crippen LogP contribution in [0.5, 0.6) is 0 Å². The summed E-state index contributed by atoms with van der Waals surface area (Å²) in [5.41, 5.74) is 3.33. The topological polar surface area (TPSA) is 76.3 Å². The third kappa shape index (κ3) is 3.26. The fourth-order valence-corrected chi connectivity index (χ4v) is 5.80. The van der Waals surface area contributed by atoms with Gasteiger partial charge in [0.1, 0.15) is 18.7 Å². The van der Waals surface area contributed by atoms with Crippen molar-refractivity contribution >= 4 is 5.91 Å². The zero-order valence-electron chi connectivity index (χ0n) is 17.9. The highest BCUT2D eigenvalue weighted by molar-refractivity contribution is 5.82. The summed E-state index contributed by atoms with van der Waals surface area (Å²) in [6.45, 7) is 4.56. The van der Waals surface area contributed by atoms with Crippen molar-refractivity contribution in [3.05, 3.63) is 82.3 Å². The fraction of sp³-hybridized carbons (Fsp3) is 0.417. The fourth-order valence-electron chi connectivity index (χ4n) is 5.80. The Kier molecular flexibility index (Phi) is 4.68. The molecule has 1 amide bonds. The molecular weight excluding hydrogens is 404 g/mol. The second kappa shape index (κ2) is 7.70. The van der Waals surface area contributed by atoms with E-state index < -0.39 is 6.04 Å². The minimum Gasteiger partial charge on any atom is -0.332 e. The van der Waals surface area contributed by atoms with Crippen molar-refractivity contribution in [1.29, 1.82) is 0 Å². The molecule has 1 fully saturated rings. The summed E-state index contributed by atoms with van der Waals surface area (Å²) in [7, 11) is 0. The molecule has 1 aromatic carbocycles. The van der Waals surface area contributed by atoms with Gasteiger partial charge in [0.05, 0.1) is 6.54 Å². The quantitative estimate of drug-likeness (QED) is 0.629. The monoisotopic (exact) mass is 430 g/mol. The van der Waals surface area contributed by atoms with Gasteiger partial charge in [-0.05, 0) is 23.6 Å². The Labute approximate surface area is 186 Å². The average molecular weight is 431 g/mol. The summed E-state index contributed by atoms with van der Waals surface area (Å²) in [5.74, 6) is 0.448. The van der Waals surface area contributed by atoms with Crippen molar-refractivity contribution in [3.8, 4) is 0 Å². The number of hydrogen-bond acceptors (Lipinski definition) is 5. The maximum Gasteiger partial charge on any atom is 0.251 e. The lowest BCUT2D eigenvalue weighted by Crippen LogP contribution is -2.53. The number of hydrogen-bond donors (Lipinski definition) is 0. The molecule has 164 valence electrons. The number of carbonyl (C=O) groups is 1. The molecular formula is C24H26N6O2. The molecule has 2 bridgehead atoms. The molecule has 0 unspecified atom stereocenters. The van der Waals surface area contributed by atoms with Gasteiger partial charge in [0.15, 0.2) is 0 Å². The number of nitrogens with zero attached hydrogens (tertiary/aromatic N) is 6. The Morgan fingerprint density at radius 2 is 1.81 bits per heavy atom. The second-order valence-electron chi connectivity index (χ2n) is 9.18. The van der Waals surface area contributed by atoms with E-state index in [1.807, 2.05) is 33.8 Å². The van der Waals surface area contributed by atoms with E-state index in [0.717, 1.165) is 38.3 Å². The number of piperidine rings is 1. The standard InChI is InChI=1S/C24H26N6O2/c31-22-7-3-6-21-19-10-20(12-27(11-19)8-9-29-16-25-15-26-29)23(30(21)22)24(32)28-13-17-4-1-2-5-18(17)14-28/h1-7,15-16,19-20,23H,8-14H2/t19-,20+,23-/m1/s1. The molecule has 0 aliphatic carbocycles. The van der Waals surface area contributed by atoms with E-state index in [4.69, 9.17) is 0 Å². The summed E-state index contributed by atoms with van der Waals surface area (Å²) in [6, 6.07) is 13.2. The molecule has 32 heavy (non-hydrogen) atoms. The summed E-state index contributed by atoms with van der Waals surface area (Å²) < 4.78 is 3.64. The molecule has 5 heterocycles. The van der Waals surface area contributed by atoms with Crippen LogP contribution in [-0.4, -0.2) is 54.7 Å². The number of benzene rings is 1. The maximum atomic E-state index is 13.9. The van der Waals surface area contributed by atoms with Crippen LogP contribution < -0.4 is 5.56 Å². The van der Waals surface area contributed by atoms with E-state index in [2.05, 4.69) is 27.1 Å². The smallest absolute Gasteiger partial charge is 0.251 e. The number of aromatic nitrogens is 4.